The van der Waals surface area contributed by atoms with Gasteiger partial charge in [0.05, 0.1) is 25.4 Å². The molecule has 2 aliphatic rings. The number of nitrogens with zero attached hydrogens (tertiary/aromatic N) is 4. The molecule has 1 saturated carbocycles. The number of carbonyl (C=O) groups is 1. The number of H-pyrrole nitrogens is 1. The molecule has 0 spiro atoms. The van der Waals surface area contributed by atoms with Crippen LogP contribution in [-0.2, 0) is 4.74 Å². The second-order valence-corrected chi connectivity index (χ2v) is 6.05. The Morgan fingerprint density at radius 2 is 2.21 bits per heavy atom. The zero-order valence-electron chi connectivity index (χ0n) is 13.2. The van der Waals surface area contributed by atoms with Crippen LogP contribution in [-0.4, -0.2) is 62.9 Å². The van der Waals surface area contributed by atoms with Crippen molar-refractivity contribution in [2.75, 3.05) is 19.8 Å². The highest BCUT2D eigenvalue weighted by Gasteiger charge is 2.45. The van der Waals surface area contributed by atoms with Gasteiger partial charge in [-0.25, -0.2) is 9.97 Å². The van der Waals surface area contributed by atoms with Crippen molar-refractivity contribution in [2.24, 2.45) is 5.92 Å². The van der Waals surface area contributed by atoms with Gasteiger partial charge in [0.15, 0.2) is 0 Å². The summed E-state index contributed by atoms with van der Waals surface area (Å²) in [7, 11) is 0. The standard InChI is InChI=1S/C16H19N5O3/c22-15(12-4-7-19-20-12)21-8-9-23-14-11(2-3-13(14)21)10-24-16-17-5-1-6-18-16/h1,4-7,11,13-14H,2-3,8-10H2,(H,19,20). The van der Waals surface area contributed by atoms with Gasteiger partial charge in [0.25, 0.3) is 5.91 Å². The fourth-order valence-electron chi connectivity index (χ4n) is 3.56. The van der Waals surface area contributed by atoms with Gasteiger partial charge in [-0.05, 0) is 25.0 Å². The summed E-state index contributed by atoms with van der Waals surface area (Å²) in [6, 6.07) is 3.92. The van der Waals surface area contributed by atoms with E-state index in [1.54, 1.807) is 30.7 Å². The van der Waals surface area contributed by atoms with Crippen LogP contribution in [0.15, 0.2) is 30.7 Å². The van der Waals surface area contributed by atoms with Crippen LogP contribution < -0.4 is 4.74 Å². The van der Waals surface area contributed by atoms with Crippen molar-refractivity contribution in [3.05, 3.63) is 36.4 Å². The van der Waals surface area contributed by atoms with E-state index in [0.717, 1.165) is 12.8 Å². The second-order valence-electron chi connectivity index (χ2n) is 6.05. The molecule has 2 aromatic heterocycles. The predicted octanol–water partition coefficient (Wildman–Crippen LogP) is 0.898. The van der Waals surface area contributed by atoms with Crippen LogP contribution >= 0.6 is 0 Å². The summed E-state index contributed by atoms with van der Waals surface area (Å²) in [5.41, 5.74) is 0.521. The number of carbonyl (C=O) groups excluding carboxylic acids is 1. The van der Waals surface area contributed by atoms with E-state index >= 15 is 0 Å². The summed E-state index contributed by atoms with van der Waals surface area (Å²) in [6.07, 6.45) is 6.76. The van der Waals surface area contributed by atoms with Crippen molar-refractivity contribution >= 4 is 5.91 Å². The van der Waals surface area contributed by atoms with Gasteiger partial charge in [-0.2, -0.15) is 5.10 Å². The first-order valence-electron chi connectivity index (χ1n) is 8.14. The number of hydrogen-bond acceptors (Lipinski definition) is 6. The molecule has 3 atom stereocenters. The molecule has 1 amide bonds. The van der Waals surface area contributed by atoms with E-state index in [1.165, 1.54) is 0 Å². The topological polar surface area (TPSA) is 93.2 Å². The van der Waals surface area contributed by atoms with E-state index in [0.29, 0.717) is 31.5 Å². The number of fused-ring (bicyclic) bond motifs is 1. The molecule has 2 aromatic rings. The minimum atomic E-state index is -0.0150. The van der Waals surface area contributed by atoms with E-state index in [2.05, 4.69) is 20.2 Å². The number of rotatable bonds is 4. The number of ether oxygens (including phenoxy) is 2. The lowest BCUT2D eigenvalue weighted by atomic mass is 10.0. The molecule has 0 bridgehead atoms. The maximum atomic E-state index is 12.6. The molecule has 24 heavy (non-hydrogen) atoms. The van der Waals surface area contributed by atoms with Gasteiger partial charge in [-0.15, -0.1) is 0 Å². The molecule has 8 heteroatoms. The van der Waals surface area contributed by atoms with Gasteiger partial charge in [-0.1, -0.05) is 0 Å². The molecule has 1 N–H and O–H groups in total. The summed E-state index contributed by atoms with van der Waals surface area (Å²) in [5, 5.41) is 6.61. The molecule has 8 nitrogen and oxygen atoms in total. The van der Waals surface area contributed by atoms with Gasteiger partial charge in [-0.3, -0.25) is 9.89 Å². The highest BCUT2D eigenvalue weighted by Crippen LogP contribution is 2.35. The minimum Gasteiger partial charge on any atom is -0.463 e. The Hall–Kier alpha value is -2.48. The Labute approximate surface area is 139 Å². The van der Waals surface area contributed by atoms with E-state index in [-0.39, 0.29) is 24.0 Å². The smallest absolute Gasteiger partial charge is 0.316 e. The van der Waals surface area contributed by atoms with Crippen LogP contribution in [0.25, 0.3) is 0 Å². The first-order valence-corrected chi connectivity index (χ1v) is 8.14. The molecule has 0 aromatic carbocycles. The normalized spacial score (nSPS) is 26.2. The number of morpholine rings is 1. The molecular weight excluding hydrogens is 310 g/mol. The third kappa shape index (κ3) is 2.84. The van der Waals surface area contributed by atoms with E-state index in [4.69, 9.17) is 9.47 Å². The Bertz CT molecular complexity index is 678. The van der Waals surface area contributed by atoms with Crippen LogP contribution in [0.5, 0.6) is 6.01 Å². The molecule has 1 aliphatic carbocycles. The maximum Gasteiger partial charge on any atom is 0.316 e. The summed E-state index contributed by atoms with van der Waals surface area (Å²) in [6.45, 7) is 1.64. The Morgan fingerprint density at radius 1 is 1.33 bits per heavy atom. The third-order valence-corrected chi connectivity index (χ3v) is 4.68. The molecule has 126 valence electrons. The number of nitrogens with one attached hydrogen (secondary N) is 1. The first kappa shape index (κ1) is 15.1. The Kier molecular flexibility index (Phi) is 4.12. The van der Waals surface area contributed by atoms with Crippen molar-refractivity contribution in [1.29, 1.82) is 0 Å². The SMILES string of the molecule is O=C(c1ccn[nH]1)N1CCOC2C(COc3ncccn3)CCC21. The summed E-state index contributed by atoms with van der Waals surface area (Å²) in [5.74, 6) is 0.218. The van der Waals surface area contributed by atoms with Gasteiger partial charge < -0.3 is 14.4 Å². The van der Waals surface area contributed by atoms with E-state index in [9.17, 15) is 4.79 Å². The van der Waals surface area contributed by atoms with Crippen LogP contribution in [0.3, 0.4) is 0 Å². The zero-order valence-corrected chi connectivity index (χ0v) is 13.2. The summed E-state index contributed by atoms with van der Waals surface area (Å²) >= 11 is 0. The van der Waals surface area contributed by atoms with Gasteiger partial charge in [0.2, 0.25) is 0 Å². The summed E-state index contributed by atoms with van der Waals surface area (Å²) in [4.78, 5) is 22.7. The molecular formula is C16H19N5O3. The average Bonchev–Trinajstić information content (AvgIpc) is 3.30. The van der Waals surface area contributed by atoms with Crippen LogP contribution in [0.2, 0.25) is 0 Å². The first-order chi connectivity index (χ1) is 11.8. The molecule has 3 unspecified atom stereocenters. The zero-order chi connectivity index (χ0) is 16.4. The highest BCUT2D eigenvalue weighted by atomic mass is 16.5. The van der Waals surface area contributed by atoms with Crippen molar-refractivity contribution in [2.45, 2.75) is 25.0 Å². The maximum absolute atomic E-state index is 12.6. The van der Waals surface area contributed by atoms with Crippen LogP contribution in [0.4, 0.5) is 0 Å². The lowest BCUT2D eigenvalue weighted by Gasteiger charge is -2.39. The predicted molar refractivity (Wildman–Crippen MR) is 83.4 cm³/mol. The Balaban J connectivity index is 1.42. The van der Waals surface area contributed by atoms with Gasteiger partial charge in [0.1, 0.15) is 5.69 Å². The van der Waals surface area contributed by atoms with Crippen molar-refractivity contribution in [3.8, 4) is 6.01 Å². The molecule has 1 saturated heterocycles. The fourth-order valence-corrected chi connectivity index (χ4v) is 3.56. The number of aromatic amines is 1. The van der Waals surface area contributed by atoms with Gasteiger partial charge in [0, 0.05) is 31.1 Å². The third-order valence-electron chi connectivity index (χ3n) is 4.68. The largest absolute Gasteiger partial charge is 0.463 e. The molecule has 3 heterocycles. The van der Waals surface area contributed by atoms with Crippen LogP contribution in [0.1, 0.15) is 23.3 Å². The summed E-state index contributed by atoms with van der Waals surface area (Å²) < 4.78 is 11.6. The highest BCUT2D eigenvalue weighted by molar-refractivity contribution is 5.92. The molecule has 4 rings (SSSR count). The van der Waals surface area contributed by atoms with Crippen molar-refractivity contribution < 1.29 is 14.3 Å². The van der Waals surface area contributed by atoms with Gasteiger partial charge >= 0.3 is 6.01 Å². The fraction of sp³-hybridized carbons (Fsp3) is 0.500. The number of hydrogen-bond donors (Lipinski definition) is 1. The van der Waals surface area contributed by atoms with Crippen molar-refractivity contribution in [1.82, 2.24) is 25.1 Å². The molecule has 2 fully saturated rings. The van der Waals surface area contributed by atoms with Crippen LogP contribution in [0, 0.1) is 5.92 Å². The van der Waals surface area contributed by atoms with E-state index in [1.807, 2.05) is 4.90 Å². The lowest BCUT2D eigenvalue weighted by Crippen LogP contribution is -2.53. The number of amides is 1. The monoisotopic (exact) mass is 329 g/mol. The minimum absolute atomic E-state index is 0.00525. The Morgan fingerprint density at radius 3 is 3.00 bits per heavy atom. The number of aromatic nitrogens is 4. The van der Waals surface area contributed by atoms with E-state index < -0.39 is 0 Å². The molecule has 1 aliphatic heterocycles. The van der Waals surface area contributed by atoms with Crippen molar-refractivity contribution in [3.63, 3.8) is 0 Å². The quantitative estimate of drug-likeness (QED) is 0.896. The molecule has 0 radical (unpaired) electrons. The lowest BCUT2D eigenvalue weighted by molar-refractivity contribution is -0.0684. The second kappa shape index (κ2) is 6.56. The average molecular weight is 329 g/mol.